The van der Waals surface area contributed by atoms with Crippen molar-refractivity contribution < 1.29 is 14.0 Å². The van der Waals surface area contributed by atoms with E-state index < -0.39 is 11.7 Å². The maximum absolute atomic E-state index is 15.3. The average Bonchev–Trinajstić information content (AvgIpc) is 3.05. The molecule has 0 unspecified atom stereocenters. The van der Waals surface area contributed by atoms with Crippen LogP contribution in [0.15, 0.2) is 36.9 Å². The highest BCUT2D eigenvalue weighted by atomic mass is 19.1. The fraction of sp³-hybridized carbons (Fsp3) is 0.304. The topological polar surface area (TPSA) is 75.4 Å². The zero-order chi connectivity index (χ0) is 20.7. The molecule has 2 aromatic rings. The predicted molar refractivity (Wildman–Crippen MR) is 111 cm³/mol. The van der Waals surface area contributed by atoms with Gasteiger partial charge in [-0.05, 0) is 55.0 Å². The maximum Gasteiger partial charge on any atom is 0.249 e. The average molecular weight is 393 g/mol. The van der Waals surface area contributed by atoms with E-state index in [2.05, 4.69) is 18.0 Å². The summed E-state index contributed by atoms with van der Waals surface area (Å²) in [6, 6.07) is 7.24. The van der Waals surface area contributed by atoms with E-state index in [1.54, 1.807) is 0 Å². The van der Waals surface area contributed by atoms with Gasteiger partial charge in [-0.1, -0.05) is 30.3 Å². The van der Waals surface area contributed by atoms with Gasteiger partial charge in [0, 0.05) is 30.3 Å². The second-order valence-electron chi connectivity index (χ2n) is 7.81. The van der Waals surface area contributed by atoms with Gasteiger partial charge < -0.3 is 16.0 Å². The second-order valence-corrected chi connectivity index (χ2v) is 7.81. The first kappa shape index (κ1) is 19.2. The van der Waals surface area contributed by atoms with Gasteiger partial charge in [0.1, 0.15) is 5.82 Å². The molecular weight excluding hydrogens is 369 g/mol. The first-order chi connectivity index (χ1) is 13.9. The van der Waals surface area contributed by atoms with E-state index >= 15 is 4.39 Å². The molecule has 2 amide bonds. The minimum atomic E-state index is -0.619. The molecule has 150 valence electrons. The highest BCUT2D eigenvalue weighted by molar-refractivity contribution is 6.01. The van der Waals surface area contributed by atoms with E-state index in [0.29, 0.717) is 25.2 Å². The summed E-state index contributed by atoms with van der Waals surface area (Å²) in [6.45, 7) is 6.69. The number of halogens is 1. The maximum atomic E-state index is 15.3. The lowest BCUT2D eigenvalue weighted by Crippen LogP contribution is -2.47. The SMILES string of the molecule is C=CC(=O)N[C@H]1CCCN(c2c(F)cc(C(N)=O)c3c2-c2ccc(C)cc2C3)C1. The summed E-state index contributed by atoms with van der Waals surface area (Å²) in [4.78, 5) is 25.7. The van der Waals surface area contributed by atoms with Crippen molar-refractivity contribution in [2.75, 3.05) is 18.0 Å². The Morgan fingerprint density at radius 3 is 2.86 bits per heavy atom. The Morgan fingerprint density at radius 2 is 2.14 bits per heavy atom. The van der Waals surface area contributed by atoms with Crippen molar-refractivity contribution in [3.05, 3.63) is 65.0 Å². The molecule has 5 nitrogen and oxygen atoms in total. The van der Waals surface area contributed by atoms with E-state index in [4.69, 9.17) is 5.73 Å². The number of hydrogen-bond acceptors (Lipinski definition) is 3. The molecule has 4 rings (SSSR count). The number of fused-ring (bicyclic) bond motifs is 3. The number of rotatable bonds is 4. The predicted octanol–water partition coefficient (Wildman–Crippen LogP) is 3.08. The molecule has 29 heavy (non-hydrogen) atoms. The standard InChI is InChI=1S/C23H24FN3O2/c1-3-20(28)26-15-5-4-8-27(12-15)22-19(24)11-18(23(25)29)17-10-14-9-13(2)6-7-16(14)21(17)22/h3,6-7,9,11,15H,1,4-5,8,10,12H2,2H3,(H2,25,29)(H,26,28)/t15-/m0/s1. The van der Waals surface area contributed by atoms with Crippen molar-refractivity contribution in [1.29, 1.82) is 0 Å². The lowest BCUT2D eigenvalue weighted by atomic mass is 9.95. The Balaban J connectivity index is 1.82. The van der Waals surface area contributed by atoms with Crippen LogP contribution in [0.4, 0.5) is 10.1 Å². The number of nitrogens with one attached hydrogen (secondary N) is 1. The number of carbonyl (C=O) groups is 2. The minimum Gasteiger partial charge on any atom is -0.367 e. The highest BCUT2D eigenvalue weighted by Crippen LogP contribution is 2.46. The Kier molecular flexibility index (Phi) is 4.86. The molecule has 2 aliphatic rings. The number of nitrogens with two attached hydrogens (primary N) is 1. The molecule has 0 spiro atoms. The number of benzene rings is 2. The van der Waals surface area contributed by atoms with Crippen molar-refractivity contribution in [2.45, 2.75) is 32.2 Å². The molecule has 2 aromatic carbocycles. The van der Waals surface area contributed by atoms with Crippen LogP contribution in [0.25, 0.3) is 11.1 Å². The van der Waals surface area contributed by atoms with Gasteiger partial charge in [0.15, 0.2) is 0 Å². The first-order valence-electron chi connectivity index (χ1n) is 9.82. The van der Waals surface area contributed by atoms with Crippen LogP contribution in [0, 0.1) is 12.7 Å². The Labute approximate surface area is 169 Å². The summed E-state index contributed by atoms with van der Waals surface area (Å²) >= 11 is 0. The number of nitrogens with zero attached hydrogens (tertiary/aromatic N) is 1. The van der Waals surface area contributed by atoms with Crippen molar-refractivity contribution >= 4 is 17.5 Å². The van der Waals surface area contributed by atoms with Gasteiger partial charge in [-0.15, -0.1) is 0 Å². The fourth-order valence-corrected chi connectivity index (χ4v) is 4.54. The second kappa shape index (κ2) is 7.35. The number of piperidine rings is 1. The summed E-state index contributed by atoms with van der Waals surface area (Å²) in [5, 5.41) is 2.92. The summed E-state index contributed by atoms with van der Waals surface area (Å²) in [5.74, 6) is -1.31. The van der Waals surface area contributed by atoms with Crippen LogP contribution in [0.5, 0.6) is 0 Å². The van der Waals surface area contributed by atoms with Gasteiger partial charge in [0.05, 0.1) is 5.69 Å². The number of aryl methyl sites for hydroxylation is 1. The molecule has 1 aliphatic carbocycles. The van der Waals surface area contributed by atoms with Crippen molar-refractivity contribution in [2.24, 2.45) is 5.73 Å². The quantitative estimate of drug-likeness (QED) is 0.669. The molecule has 0 radical (unpaired) electrons. The third-order valence-corrected chi connectivity index (χ3v) is 5.79. The van der Waals surface area contributed by atoms with E-state index in [9.17, 15) is 9.59 Å². The molecular formula is C23H24FN3O2. The lowest BCUT2D eigenvalue weighted by molar-refractivity contribution is -0.117. The number of amides is 2. The Bertz CT molecular complexity index is 1030. The fourth-order valence-electron chi connectivity index (χ4n) is 4.54. The van der Waals surface area contributed by atoms with Crippen LogP contribution in [-0.4, -0.2) is 30.9 Å². The van der Waals surface area contributed by atoms with Gasteiger partial charge in [-0.2, -0.15) is 0 Å². The third kappa shape index (κ3) is 3.39. The summed E-state index contributed by atoms with van der Waals surface area (Å²) < 4.78 is 15.3. The van der Waals surface area contributed by atoms with Crippen LogP contribution in [0.1, 0.15) is 39.9 Å². The van der Waals surface area contributed by atoms with Gasteiger partial charge in [-0.25, -0.2) is 4.39 Å². The van der Waals surface area contributed by atoms with Gasteiger partial charge in [0.25, 0.3) is 0 Å². The van der Waals surface area contributed by atoms with Crippen LogP contribution >= 0.6 is 0 Å². The summed E-state index contributed by atoms with van der Waals surface area (Å²) in [5.41, 5.74) is 11.0. The molecule has 1 atom stereocenters. The van der Waals surface area contributed by atoms with Crippen LogP contribution in [0.2, 0.25) is 0 Å². The Hall–Kier alpha value is -3.15. The summed E-state index contributed by atoms with van der Waals surface area (Å²) in [7, 11) is 0. The molecule has 1 saturated heterocycles. The van der Waals surface area contributed by atoms with E-state index in [0.717, 1.165) is 40.7 Å². The summed E-state index contributed by atoms with van der Waals surface area (Å²) in [6.07, 6.45) is 3.46. The van der Waals surface area contributed by atoms with E-state index in [1.165, 1.54) is 12.1 Å². The zero-order valence-electron chi connectivity index (χ0n) is 16.4. The van der Waals surface area contributed by atoms with Gasteiger partial charge >= 0.3 is 0 Å². The van der Waals surface area contributed by atoms with E-state index in [1.807, 2.05) is 24.0 Å². The van der Waals surface area contributed by atoms with Crippen LogP contribution in [-0.2, 0) is 11.2 Å². The molecule has 0 saturated carbocycles. The third-order valence-electron chi connectivity index (χ3n) is 5.79. The number of primary amides is 1. The molecule has 0 aromatic heterocycles. The largest absolute Gasteiger partial charge is 0.367 e. The van der Waals surface area contributed by atoms with Gasteiger partial charge in [0.2, 0.25) is 11.8 Å². The van der Waals surface area contributed by atoms with Crippen molar-refractivity contribution in [1.82, 2.24) is 5.32 Å². The number of anilines is 1. The normalized spacial score (nSPS) is 17.4. The first-order valence-corrected chi connectivity index (χ1v) is 9.82. The molecule has 1 fully saturated rings. The number of carbonyl (C=O) groups excluding carboxylic acids is 2. The molecule has 3 N–H and O–H groups in total. The Morgan fingerprint density at radius 1 is 1.34 bits per heavy atom. The monoisotopic (exact) mass is 393 g/mol. The molecule has 0 bridgehead atoms. The zero-order valence-corrected chi connectivity index (χ0v) is 16.4. The van der Waals surface area contributed by atoms with Gasteiger partial charge in [-0.3, -0.25) is 9.59 Å². The number of hydrogen-bond donors (Lipinski definition) is 2. The molecule has 1 aliphatic heterocycles. The lowest BCUT2D eigenvalue weighted by Gasteiger charge is -2.36. The smallest absolute Gasteiger partial charge is 0.249 e. The molecule has 1 heterocycles. The van der Waals surface area contributed by atoms with Crippen LogP contribution < -0.4 is 16.0 Å². The minimum absolute atomic E-state index is 0.0843. The van der Waals surface area contributed by atoms with Crippen molar-refractivity contribution in [3.8, 4) is 11.1 Å². The van der Waals surface area contributed by atoms with Crippen molar-refractivity contribution in [3.63, 3.8) is 0 Å². The highest BCUT2D eigenvalue weighted by Gasteiger charge is 2.32. The van der Waals surface area contributed by atoms with Crippen LogP contribution in [0.3, 0.4) is 0 Å². The van der Waals surface area contributed by atoms with E-state index in [-0.39, 0.29) is 17.5 Å². The molecule has 6 heteroatoms.